The minimum Gasteiger partial charge on any atom is -0.455 e. The molecule has 0 bridgehead atoms. The summed E-state index contributed by atoms with van der Waals surface area (Å²) in [5.74, 6) is 0. The average Bonchev–Trinajstić information content (AvgIpc) is 3.64. The van der Waals surface area contributed by atoms with Crippen LogP contribution in [0.5, 0.6) is 0 Å². The number of hydrogen-bond acceptors (Lipinski definition) is 1. The van der Waals surface area contributed by atoms with Crippen LogP contribution >= 0.6 is 0 Å². The second-order valence-corrected chi connectivity index (χ2v) is 14.1. The first kappa shape index (κ1) is 25.9. The molecule has 0 atom stereocenters. The molecule has 1 aliphatic rings. The fraction of sp³-hybridized carbons (Fsp3) is 0.111. The lowest BCUT2D eigenvalue weighted by atomic mass is 9.81. The Balaban J connectivity index is 1.31. The smallest absolute Gasteiger partial charge is 0.143 e. The Morgan fingerprint density at radius 2 is 1.17 bits per heavy atom. The van der Waals surface area contributed by atoms with Gasteiger partial charge in [-0.05, 0) is 101 Å². The van der Waals surface area contributed by atoms with Gasteiger partial charge in [0.05, 0.1) is 0 Å². The van der Waals surface area contributed by atoms with Crippen LogP contribution < -0.4 is 0 Å². The zero-order valence-electron chi connectivity index (χ0n) is 26.2. The van der Waals surface area contributed by atoms with Crippen LogP contribution in [0.1, 0.15) is 37.5 Å². The minimum atomic E-state index is 0.0692. The molecule has 0 unspecified atom stereocenters. The summed E-state index contributed by atoms with van der Waals surface area (Å²) in [7, 11) is 0. The van der Waals surface area contributed by atoms with Crippen molar-refractivity contribution in [3.63, 3.8) is 0 Å². The first-order valence-corrected chi connectivity index (χ1v) is 16.3. The monoisotopic (exact) mass is 588 g/mol. The molecule has 8 aromatic carbocycles. The van der Waals surface area contributed by atoms with Gasteiger partial charge in [-0.25, -0.2) is 0 Å². The molecule has 1 heterocycles. The molecule has 0 fully saturated rings. The maximum Gasteiger partial charge on any atom is 0.143 e. The number of furan rings is 1. The van der Waals surface area contributed by atoms with Crippen molar-refractivity contribution >= 4 is 54.3 Å². The van der Waals surface area contributed by atoms with Gasteiger partial charge in [0.15, 0.2) is 0 Å². The zero-order chi connectivity index (χ0) is 30.7. The number of para-hydroxylation sites is 2. The molecule has 218 valence electrons. The summed E-state index contributed by atoms with van der Waals surface area (Å²) in [4.78, 5) is 0. The molecule has 0 saturated heterocycles. The van der Waals surface area contributed by atoms with Crippen LogP contribution in [-0.2, 0) is 11.8 Å². The van der Waals surface area contributed by atoms with Gasteiger partial charge in [0, 0.05) is 16.3 Å². The van der Waals surface area contributed by atoms with Crippen LogP contribution in [0.25, 0.3) is 87.6 Å². The molecule has 0 saturated carbocycles. The van der Waals surface area contributed by atoms with Gasteiger partial charge in [0.25, 0.3) is 0 Å². The van der Waals surface area contributed by atoms with Gasteiger partial charge in [-0.15, -0.1) is 0 Å². The molecule has 0 radical (unpaired) electrons. The van der Waals surface area contributed by atoms with E-state index in [1.54, 1.807) is 0 Å². The maximum absolute atomic E-state index is 6.62. The Morgan fingerprint density at radius 3 is 2.00 bits per heavy atom. The Bertz CT molecular complexity index is 2680. The van der Waals surface area contributed by atoms with Gasteiger partial charge in [-0.1, -0.05) is 136 Å². The molecule has 0 spiro atoms. The standard InChI is InChI=1S/C45H32O/c1-45(2,3)31-23-28-16-19-35-39(27-15-18-33-30(22-27)21-26-9-4-5-10-32(26)33)25-40(36-20-17-29(24-31)42(28)43(35)36)38-13-8-12-37-34-11-6-7-14-41(34)46-44(37)38/h4-20,22-25H,21H2,1-3H3. The van der Waals surface area contributed by atoms with Crippen molar-refractivity contribution in [1.82, 2.24) is 0 Å². The van der Waals surface area contributed by atoms with E-state index in [0.29, 0.717) is 0 Å². The lowest BCUT2D eigenvalue weighted by Crippen LogP contribution is -2.10. The Morgan fingerprint density at radius 1 is 0.478 bits per heavy atom. The minimum absolute atomic E-state index is 0.0692. The van der Waals surface area contributed by atoms with Crippen molar-refractivity contribution in [3.8, 4) is 33.4 Å². The van der Waals surface area contributed by atoms with E-state index in [2.05, 4.69) is 148 Å². The van der Waals surface area contributed by atoms with Crippen molar-refractivity contribution in [2.45, 2.75) is 32.6 Å². The third-order valence-corrected chi connectivity index (χ3v) is 10.4. The Kier molecular flexibility index (Phi) is 5.11. The number of rotatable bonds is 2. The van der Waals surface area contributed by atoms with E-state index in [4.69, 9.17) is 4.42 Å². The predicted molar refractivity (Wildman–Crippen MR) is 195 cm³/mol. The molecule has 1 heteroatoms. The quantitative estimate of drug-likeness (QED) is 0.183. The van der Waals surface area contributed by atoms with Crippen LogP contribution in [0.4, 0.5) is 0 Å². The second-order valence-electron chi connectivity index (χ2n) is 14.1. The normalized spacial score (nSPS) is 13.0. The maximum atomic E-state index is 6.62. The summed E-state index contributed by atoms with van der Waals surface area (Å²) >= 11 is 0. The van der Waals surface area contributed by atoms with E-state index < -0.39 is 0 Å². The highest BCUT2D eigenvalue weighted by atomic mass is 16.3. The summed E-state index contributed by atoms with van der Waals surface area (Å²) < 4.78 is 6.62. The van der Waals surface area contributed by atoms with Crippen molar-refractivity contribution in [2.75, 3.05) is 0 Å². The summed E-state index contributed by atoms with van der Waals surface area (Å²) in [6.45, 7) is 6.91. The first-order valence-electron chi connectivity index (χ1n) is 16.3. The second kappa shape index (κ2) is 9.08. The van der Waals surface area contributed by atoms with Gasteiger partial charge in [0.2, 0.25) is 0 Å². The number of hydrogen-bond donors (Lipinski definition) is 0. The largest absolute Gasteiger partial charge is 0.455 e. The molecule has 10 rings (SSSR count). The molecule has 1 aromatic heterocycles. The van der Waals surface area contributed by atoms with Crippen LogP contribution in [0.3, 0.4) is 0 Å². The van der Waals surface area contributed by atoms with Crippen molar-refractivity contribution in [2.24, 2.45) is 0 Å². The highest BCUT2D eigenvalue weighted by Gasteiger charge is 2.23. The topological polar surface area (TPSA) is 13.1 Å². The molecule has 1 nitrogen and oxygen atoms in total. The lowest BCUT2D eigenvalue weighted by molar-refractivity contribution is 0.591. The summed E-state index contributed by atoms with van der Waals surface area (Å²) in [6, 6.07) is 47.5. The fourth-order valence-electron chi connectivity index (χ4n) is 8.08. The predicted octanol–water partition coefficient (Wildman–Crippen LogP) is 12.7. The SMILES string of the molecule is CC(C)(C)c1cc2ccc3c(-c4ccc5c(c4)Cc4ccccc4-5)cc(-c4cccc5c4oc4ccccc45)c4ccc(c1)c2c34. The van der Waals surface area contributed by atoms with E-state index >= 15 is 0 Å². The molecular weight excluding hydrogens is 556 g/mol. The molecule has 46 heavy (non-hydrogen) atoms. The van der Waals surface area contributed by atoms with E-state index in [9.17, 15) is 0 Å². The molecule has 9 aromatic rings. The highest BCUT2D eigenvalue weighted by molar-refractivity contribution is 6.29. The van der Waals surface area contributed by atoms with E-state index in [1.807, 2.05) is 0 Å². The van der Waals surface area contributed by atoms with Crippen molar-refractivity contribution < 1.29 is 4.42 Å². The van der Waals surface area contributed by atoms with Crippen LogP contribution in [0, 0.1) is 0 Å². The third-order valence-electron chi connectivity index (χ3n) is 10.4. The number of fused-ring (bicyclic) bond motifs is 6. The zero-order valence-corrected chi connectivity index (χ0v) is 26.2. The number of benzene rings is 8. The van der Waals surface area contributed by atoms with Crippen LogP contribution in [0.15, 0.2) is 132 Å². The Labute approximate surface area is 268 Å². The van der Waals surface area contributed by atoms with Gasteiger partial charge in [0.1, 0.15) is 11.2 Å². The van der Waals surface area contributed by atoms with E-state index in [0.717, 1.165) is 33.9 Å². The van der Waals surface area contributed by atoms with Gasteiger partial charge >= 0.3 is 0 Å². The average molecular weight is 589 g/mol. The Hall–Kier alpha value is -5.40. The van der Waals surface area contributed by atoms with Gasteiger partial charge < -0.3 is 4.42 Å². The molecule has 1 aliphatic carbocycles. The summed E-state index contributed by atoms with van der Waals surface area (Å²) in [6.07, 6.45) is 0.978. The molecule has 0 aliphatic heterocycles. The molecule has 0 amide bonds. The first-order chi connectivity index (χ1) is 22.4. The van der Waals surface area contributed by atoms with Crippen molar-refractivity contribution in [1.29, 1.82) is 0 Å². The highest BCUT2D eigenvalue weighted by Crippen LogP contribution is 2.48. The van der Waals surface area contributed by atoms with Crippen LogP contribution in [0.2, 0.25) is 0 Å². The fourth-order valence-corrected chi connectivity index (χ4v) is 8.08. The summed E-state index contributed by atoms with van der Waals surface area (Å²) in [5, 5.41) is 10.2. The summed E-state index contributed by atoms with van der Waals surface area (Å²) in [5.41, 5.74) is 13.7. The molecular formula is C45H32O. The van der Waals surface area contributed by atoms with Crippen LogP contribution in [-0.4, -0.2) is 0 Å². The van der Waals surface area contributed by atoms with Gasteiger partial charge in [-0.3, -0.25) is 0 Å². The van der Waals surface area contributed by atoms with E-state index in [1.165, 1.54) is 76.8 Å². The third kappa shape index (κ3) is 3.57. The van der Waals surface area contributed by atoms with E-state index in [-0.39, 0.29) is 5.41 Å². The molecule has 0 N–H and O–H groups in total. The van der Waals surface area contributed by atoms with Crippen molar-refractivity contribution in [3.05, 3.63) is 144 Å². The van der Waals surface area contributed by atoms with Gasteiger partial charge in [-0.2, -0.15) is 0 Å². The lowest BCUT2D eigenvalue weighted by Gasteiger charge is -2.23.